The Kier molecular flexibility index (Phi) is 5.47. The van der Waals surface area contributed by atoms with Gasteiger partial charge in [-0.3, -0.25) is 9.69 Å². The van der Waals surface area contributed by atoms with Crippen LogP contribution in [0.15, 0.2) is 18.2 Å². The van der Waals surface area contributed by atoms with E-state index < -0.39 is 25.1 Å². The minimum absolute atomic E-state index is 0.0211. The number of carbonyl (C=O) groups excluding carboxylic acids is 1. The smallest absolute Gasteiger partial charge is 0.534 e. The van der Waals surface area contributed by atoms with Crippen LogP contribution in [0.1, 0.15) is 22.3 Å². The number of likely N-dealkylation sites (tertiary alicyclic amines) is 1. The maximum atomic E-state index is 12.3. The Morgan fingerprint density at radius 1 is 1.42 bits per heavy atom. The Balaban J connectivity index is 1.61. The molecule has 140 valence electrons. The van der Waals surface area contributed by atoms with Crippen molar-refractivity contribution in [2.45, 2.75) is 30.9 Å². The molecule has 2 heterocycles. The molecule has 1 saturated heterocycles. The summed E-state index contributed by atoms with van der Waals surface area (Å²) in [5.41, 5.74) is 6.40. The monoisotopic (exact) mass is 363 g/mol. The molecule has 1 aromatic rings. The van der Waals surface area contributed by atoms with E-state index in [4.69, 9.17) is 10.4 Å². The van der Waals surface area contributed by atoms with E-state index in [0.29, 0.717) is 25.1 Å². The van der Waals surface area contributed by atoms with Gasteiger partial charge in [-0.05, 0) is 24.5 Å². The van der Waals surface area contributed by atoms with E-state index in [1.807, 2.05) is 4.90 Å². The van der Waals surface area contributed by atoms with E-state index in [-0.39, 0.29) is 36.2 Å². The average molecular weight is 363 g/mol. The number of fused-ring (bicyclic) bond motifs is 1. The molecule has 3 rings (SSSR count). The molecule has 0 spiro atoms. The fourth-order valence-electron chi connectivity index (χ4n) is 3.36. The minimum Gasteiger partial charge on any atom is -0.534 e. The first-order chi connectivity index (χ1) is 12.3. The number of carboxylic acid groups (broad SMARTS) is 1. The van der Waals surface area contributed by atoms with Crippen LogP contribution in [0.3, 0.4) is 0 Å². The third-order valence-corrected chi connectivity index (χ3v) is 4.77. The number of amides is 1. The van der Waals surface area contributed by atoms with Crippen LogP contribution in [0.2, 0.25) is 0 Å². The first-order valence-electron chi connectivity index (χ1n) is 8.50. The molecular formula is C16H22BN3O6. The Morgan fingerprint density at radius 3 is 2.88 bits per heavy atom. The fraction of sp³-hybridized carbons (Fsp3) is 0.500. The topological polar surface area (TPSA) is 145 Å². The number of hydrogen-bond donors (Lipinski definition) is 5. The number of para-hydroxylation sites is 1. The number of nitrogens with zero attached hydrogens (tertiary/aromatic N) is 1. The SMILES string of the molecule is NC1CN(CC(=O)N[C@H]2Cc3cccc(C(=O)O)c3OB2O)CCC1O. The van der Waals surface area contributed by atoms with E-state index in [2.05, 4.69) is 5.32 Å². The van der Waals surface area contributed by atoms with Crippen LogP contribution in [-0.2, 0) is 11.2 Å². The van der Waals surface area contributed by atoms with Gasteiger partial charge >= 0.3 is 13.1 Å². The molecular weight excluding hydrogens is 341 g/mol. The van der Waals surface area contributed by atoms with Gasteiger partial charge < -0.3 is 30.9 Å². The highest BCUT2D eigenvalue weighted by Crippen LogP contribution is 2.30. The van der Waals surface area contributed by atoms with Crippen LogP contribution in [0.5, 0.6) is 5.75 Å². The van der Waals surface area contributed by atoms with Crippen LogP contribution < -0.4 is 15.7 Å². The number of aromatic carboxylic acids is 1. The molecule has 2 unspecified atom stereocenters. The highest BCUT2D eigenvalue weighted by molar-refractivity contribution is 6.47. The minimum atomic E-state index is -1.34. The zero-order valence-electron chi connectivity index (χ0n) is 14.2. The number of piperidine rings is 1. The van der Waals surface area contributed by atoms with Gasteiger partial charge in [0, 0.05) is 19.1 Å². The molecule has 1 aromatic carbocycles. The van der Waals surface area contributed by atoms with Gasteiger partial charge in [-0.1, -0.05) is 12.1 Å². The van der Waals surface area contributed by atoms with Crippen LogP contribution in [-0.4, -0.2) is 76.9 Å². The van der Waals surface area contributed by atoms with Crippen LogP contribution in [0.4, 0.5) is 0 Å². The summed E-state index contributed by atoms with van der Waals surface area (Å²) >= 11 is 0. The van der Waals surface area contributed by atoms with Crippen molar-refractivity contribution in [1.29, 1.82) is 0 Å². The molecule has 0 radical (unpaired) electrons. The lowest BCUT2D eigenvalue weighted by Crippen LogP contribution is -2.57. The molecule has 6 N–H and O–H groups in total. The zero-order chi connectivity index (χ0) is 18.8. The predicted octanol–water partition coefficient (Wildman–Crippen LogP) is -1.78. The maximum Gasteiger partial charge on any atom is 0.547 e. The van der Waals surface area contributed by atoms with Gasteiger partial charge in [-0.15, -0.1) is 0 Å². The lowest BCUT2D eigenvalue weighted by atomic mass is 9.72. The van der Waals surface area contributed by atoms with Crippen molar-refractivity contribution in [3.8, 4) is 5.75 Å². The molecule has 1 fully saturated rings. The number of aliphatic hydroxyl groups excluding tert-OH is 1. The quantitative estimate of drug-likeness (QED) is 0.395. The largest absolute Gasteiger partial charge is 0.547 e. The van der Waals surface area contributed by atoms with Gasteiger partial charge in [0.15, 0.2) is 0 Å². The highest BCUT2D eigenvalue weighted by Gasteiger charge is 2.38. The summed E-state index contributed by atoms with van der Waals surface area (Å²) in [6, 6.07) is 4.32. The third kappa shape index (κ3) is 3.99. The van der Waals surface area contributed by atoms with E-state index in [0.717, 1.165) is 0 Å². The average Bonchev–Trinajstić information content (AvgIpc) is 2.58. The Morgan fingerprint density at radius 2 is 2.19 bits per heavy atom. The second-order valence-corrected chi connectivity index (χ2v) is 6.74. The first-order valence-corrected chi connectivity index (χ1v) is 8.50. The third-order valence-electron chi connectivity index (χ3n) is 4.77. The number of aliphatic hydroxyl groups is 1. The summed E-state index contributed by atoms with van der Waals surface area (Å²) in [4.78, 5) is 25.4. The summed E-state index contributed by atoms with van der Waals surface area (Å²) in [6.45, 7) is 1.09. The molecule has 3 atom stereocenters. The molecule has 26 heavy (non-hydrogen) atoms. The van der Waals surface area contributed by atoms with Crippen LogP contribution in [0, 0.1) is 0 Å². The van der Waals surface area contributed by atoms with Crippen molar-refractivity contribution in [2.24, 2.45) is 5.73 Å². The van der Waals surface area contributed by atoms with Crippen molar-refractivity contribution in [3.63, 3.8) is 0 Å². The summed E-state index contributed by atoms with van der Waals surface area (Å²) in [5, 5.41) is 31.7. The molecule has 0 aromatic heterocycles. The van der Waals surface area contributed by atoms with Crippen molar-refractivity contribution >= 4 is 19.0 Å². The van der Waals surface area contributed by atoms with Gasteiger partial charge in [-0.25, -0.2) is 4.79 Å². The number of carbonyl (C=O) groups is 2. The Hall–Kier alpha value is -2.14. The second-order valence-electron chi connectivity index (χ2n) is 6.74. The van der Waals surface area contributed by atoms with Crippen molar-refractivity contribution in [2.75, 3.05) is 19.6 Å². The van der Waals surface area contributed by atoms with Crippen LogP contribution in [0.25, 0.3) is 0 Å². The highest BCUT2D eigenvalue weighted by atomic mass is 16.5. The molecule has 0 aliphatic carbocycles. The zero-order valence-corrected chi connectivity index (χ0v) is 14.2. The lowest BCUT2D eigenvalue weighted by Gasteiger charge is -2.34. The van der Waals surface area contributed by atoms with Crippen LogP contribution >= 0.6 is 0 Å². The Bertz CT molecular complexity index is 703. The number of carboxylic acids is 1. The molecule has 0 saturated carbocycles. The van der Waals surface area contributed by atoms with Gasteiger partial charge in [0.1, 0.15) is 5.75 Å². The predicted molar refractivity (Wildman–Crippen MR) is 92.7 cm³/mol. The van der Waals surface area contributed by atoms with Gasteiger partial charge in [0.2, 0.25) is 5.91 Å². The first kappa shape index (κ1) is 18.6. The van der Waals surface area contributed by atoms with Crippen molar-refractivity contribution in [3.05, 3.63) is 29.3 Å². The number of nitrogens with one attached hydrogen (secondary N) is 1. The molecule has 2 aliphatic heterocycles. The number of rotatable bonds is 4. The van der Waals surface area contributed by atoms with Gasteiger partial charge in [-0.2, -0.15) is 0 Å². The number of nitrogens with two attached hydrogens (primary N) is 1. The van der Waals surface area contributed by atoms with Crippen molar-refractivity contribution < 1.29 is 29.5 Å². The summed E-state index contributed by atoms with van der Waals surface area (Å²) < 4.78 is 5.35. The normalized spacial score (nSPS) is 26.0. The van der Waals surface area contributed by atoms with E-state index in [1.165, 1.54) is 6.07 Å². The fourth-order valence-corrected chi connectivity index (χ4v) is 3.36. The Labute approximate surface area is 150 Å². The standard InChI is InChI=1S/C16H22BN3O6/c18-11-7-20(5-4-12(11)21)8-14(22)19-13-6-9-2-1-3-10(16(23)24)15(9)26-17(13)25/h1-3,11-13,21,25H,4-8,18H2,(H,19,22)(H,23,24)/t11?,12?,13-/m0/s1. The second kappa shape index (κ2) is 7.62. The maximum absolute atomic E-state index is 12.3. The molecule has 0 bridgehead atoms. The summed E-state index contributed by atoms with van der Waals surface area (Å²) in [5.74, 6) is -1.98. The molecule has 10 heteroatoms. The van der Waals surface area contributed by atoms with E-state index >= 15 is 0 Å². The lowest BCUT2D eigenvalue weighted by molar-refractivity contribution is -0.123. The summed E-state index contributed by atoms with van der Waals surface area (Å²) in [7, 11) is -1.34. The molecule has 1 amide bonds. The molecule has 9 nitrogen and oxygen atoms in total. The summed E-state index contributed by atoms with van der Waals surface area (Å²) in [6.07, 6.45) is 0.221. The number of hydrogen-bond acceptors (Lipinski definition) is 7. The van der Waals surface area contributed by atoms with Gasteiger partial charge in [0.05, 0.1) is 24.2 Å². The van der Waals surface area contributed by atoms with Gasteiger partial charge in [0.25, 0.3) is 0 Å². The van der Waals surface area contributed by atoms with E-state index in [1.54, 1.807) is 12.1 Å². The molecule has 2 aliphatic rings. The van der Waals surface area contributed by atoms with Crippen molar-refractivity contribution in [1.82, 2.24) is 10.2 Å². The number of benzene rings is 1. The van der Waals surface area contributed by atoms with E-state index in [9.17, 15) is 24.8 Å².